The van der Waals surface area contributed by atoms with Crippen molar-refractivity contribution < 1.29 is 29.7 Å². The van der Waals surface area contributed by atoms with Crippen molar-refractivity contribution >= 4 is 23.2 Å². The van der Waals surface area contributed by atoms with Crippen LogP contribution in [0, 0.1) is 23.7 Å². The number of fused-ring (bicyclic) bond motifs is 3. The van der Waals surface area contributed by atoms with Crippen LogP contribution in [0.25, 0.3) is 5.76 Å². The Morgan fingerprint density at radius 2 is 1.79 bits per heavy atom. The summed E-state index contributed by atoms with van der Waals surface area (Å²) < 4.78 is 0. The molecule has 0 radical (unpaired) electrons. The molecule has 0 heterocycles. The first kappa shape index (κ1) is 21.7. The highest BCUT2D eigenvalue weighted by Crippen LogP contribution is 2.50. The van der Waals surface area contributed by atoms with Gasteiger partial charge in [0.05, 0.1) is 11.5 Å². The van der Waals surface area contributed by atoms with Gasteiger partial charge in [0.15, 0.2) is 11.6 Å². The molecule has 2 saturated carbocycles. The van der Waals surface area contributed by atoms with Crippen molar-refractivity contribution in [1.82, 2.24) is 0 Å². The van der Waals surface area contributed by atoms with Crippen molar-refractivity contribution in [2.24, 2.45) is 29.4 Å². The number of nitrogens with two attached hydrogens (primary N) is 1. The first-order valence-electron chi connectivity index (χ1n) is 11.9. The largest absolute Gasteiger partial charge is 0.511 e. The number of carbonyl (C=O) groups is 3. The van der Waals surface area contributed by atoms with E-state index in [2.05, 4.69) is 0 Å². The third-order valence-electron chi connectivity index (χ3n) is 8.17. The lowest BCUT2D eigenvalue weighted by molar-refractivity contribution is -0.127. The van der Waals surface area contributed by atoms with Gasteiger partial charge in [-0.05, 0) is 60.6 Å². The zero-order chi connectivity index (χ0) is 23.4. The highest BCUT2D eigenvalue weighted by Gasteiger charge is 2.50. The zero-order valence-corrected chi connectivity index (χ0v) is 18.5. The van der Waals surface area contributed by atoms with Gasteiger partial charge in [-0.2, -0.15) is 0 Å². The van der Waals surface area contributed by atoms with E-state index in [1.807, 2.05) is 6.07 Å². The molecule has 7 heteroatoms. The summed E-state index contributed by atoms with van der Waals surface area (Å²) in [6.07, 6.45) is 7.82. The third kappa shape index (κ3) is 3.45. The van der Waals surface area contributed by atoms with Crippen molar-refractivity contribution in [3.63, 3.8) is 0 Å². The molecule has 5 N–H and O–H groups in total. The zero-order valence-electron chi connectivity index (χ0n) is 18.5. The number of phenols is 1. The maximum absolute atomic E-state index is 13.4. The monoisotopic (exact) mass is 451 g/mol. The van der Waals surface area contributed by atoms with E-state index in [1.54, 1.807) is 6.07 Å². The summed E-state index contributed by atoms with van der Waals surface area (Å²) in [6, 6.07) is 3.48. The summed E-state index contributed by atoms with van der Waals surface area (Å²) in [5, 5.41) is 32.3. The van der Waals surface area contributed by atoms with Gasteiger partial charge in [0.25, 0.3) is 5.91 Å². The van der Waals surface area contributed by atoms with E-state index < -0.39 is 40.6 Å². The minimum Gasteiger partial charge on any atom is -0.511 e. The second kappa shape index (κ2) is 8.04. The minimum absolute atomic E-state index is 0.0370. The fourth-order valence-corrected chi connectivity index (χ4v) is 6.60. The molecule has 0 saturated heterocycles. The Kier molecular flexibility index (Phi) is 5.30. The standard InChI is InChI=1S/C26H29NO6/c27-26(33)22-18(29)11-15-9-14-10-16-13(6-5-12-3-1-2-4-12)7-8-17(28)21(16)24(31)19(14)23(30)20(15)25(22)32/h7-8,12,14-15,20,28,31-32H,1-6,9-11H2,(H2,27,33). The van der Waals surface area contributed by atoms with Gasteiger partial charge in [-0.3, -0.25) is 14.4 Å². The molecule has 0 bridgehead atoms. The summed E-state index contributed by atoms with van der Waals surface area (Å²) in [5.41, 5.74) is 7.15. The molecule has 0 aliphatic heterocycles. The first-order chi connectivity index (χ1) is 15.8. The predicted molar refractivity (Wildman–Crippen MR) is 120 cm³/mol. The lowest BCUT2D eigenvalue weighted by atomic mass is 9.61. The Labute approximate surface area is 192 Å². The lowest BCUT2D eigenvalue weighted by Gasteiger charge is -2.41. The van der Waals surface area contributed by atoms with Crippen molar-refractivity contribution in [3.8, 4) is 5.75 Å². The van der Waals surface area contributed by atoms with Crippen LogP contribution in [-0.4, -0.2) is 32.8 Å². The second-order valence-electron chi connectivity index (χ2n) is 10.0. The number of aromatic hydroxyl groups is 1. The van der Waals surface area contributed by atoms with E-state index in [9.17, 15) is 29.7 Å². The van der Waals surface area contributed by atoms with Gasteiger partial charge < -0.3 is 21.1 Å². The van der Waals surface area contributed by atoms with Gasteiger partial charge in [0, 0.05) is 12.0 Å². The molecule has 1 amide bonds. The number of aryl methyl sites for hydroxylation is 1. The number of aliphatic hydroxyl groups is 2. The fraction of sp³-hybridized carbons (Fsp3) is 0.500. The Morgan fingerprint density at radius 3 is 2.48 bits per heavy atom. The van der Waals surface area contributed by atoms with Gasteiger partial charge in [0.1, 0.15) is 22.8 Å². The number of rotatable bonds is 4. The average Bonchev–Trinajstić information content (AvgIpc) is 3.26. The van der Waals surface area contributed by atoms with Gasteiger partial charge in [-0.25, -0.2) is 0 Å². The van der Waals surface area contributed by atoms with Crippen molar-refractivity contribution in [3.05, 3.63) is 45.7 Å². The van der Waals surface area contributed by atoms with Gasteiger partial charge >= 0.3 is 0 Å². The molecule has 3 unspecified atom stereocenters. The van der Waals surface area contributed by atoms with E-state index in [4.69, 9.17) is 5.73 Å². The molecule has 4 aliphatic carbocycles. The molecular formula is C26H29NO6. The SMILES string of the molecule is NC(=O)C1=C(O)C2C(=O)C3=C(O)c4c(O)ccc(CCC5CCCC5)c4CC3CC2CC1=O. The second-order valence-corrected chi connectivity index (χ2v) is 10.0. The fourth-order valence-electron chi connectivity index (χ4n) is 6.60. The maximum Gasteiger partial charge on any atom is 0.255 e. The normalized spacial score (nSPS) is 27.5. The number of primary amides is 1. The Hall–Kier alpha value is -3.09. The lowest BCUT2D eigenvalue weighted by Crippen LogP contribution is -2.44. The molecular weight excluding hydrogens is 422 g/mol. The number of aliphatic hydroxyl groups excluding tert-OH is 2. The summed E-state index contributed by atoms with van der Waals surface area (Å²) in [5.74, 6) is -4.15. The molecule has 33 heavy (non-hydrogen) atoms. The van der Waals surface area contributed by atoms with Crippen molar-refractivity contribution in [2.45, 2.75) is 57.8 Å². The number of benzene rings is 1. The number of allylic oxidation sites excluding steroid dienone is 2. The van der Waals surface area contributed by atoms with E-state index >= 15 is 0 Å². The molecule has 5 rings (SSSR count). The van der Waals surface area contributed by atoms with Gasteiger partial charge in [-0.15, -0.1) is 0 Å². The summed E-state index contributed by atoms with van der Waals surface area (Å²) >= 11 is 0. The number of carbonyl (C=O) groups excluding carboxylic acids is 3. The molecule has 7 nitrogen and oxygen atoms in total. The van der Waals surface area contributed by atoms with Crippen LogP contribution in [0.3, 0.4) is 0 Å². The molecule has 4 aliphatic rings. The van der Waals surface area contributed by atoms with Crippen LogP contribution in [-0.2, 0) is 27.2 Å². The van der Waals surface area contributed by atoms with Gasteiger partial charge in [0.2, 0.25) is 0 Å². The molecule has 2 fully saturated rings. The molecule has 174 valence electrons. The molecule has 3 atom stereocenters. The average molecular weight is 452 g/mol. The van der Waals surface area contributed by atoms with E-state index in [0.29, 0.717) is 24.3 Å². The topological polar surface area (TPSA) is 138 Å². The minimum atomic E-state index is -1.08. The number of hydrogen-bond acceptors (Lipinski definition) is 6. The van der Waals surface area contributed by atoms with Crippen LogP contribution < -0.4 is 5.73 Å². The Morgan fingerprint density at radius 1 is 1.06 bits per heavy atom. The number of phenolic OH excluding ortho intramolecular Hbond substituents is 1. The summed E-state index contributed by atoms with van der Waals surface area (Å²) in [6.45, 7) is 0. The van der Waals surface area contributed by atoms with E-state index in [-0.39, 0.29) is 29.4 Å². The Balaban J connectivity index is 1.54. The molecule has 0 spiro atoms. The van der Waals surface area contributed by atoms with Crippen LogP contribution in [0.4, 0.5) is 0 Å². The van der Waals surface area contributed by atoms with E-state index in [0.717, 1.165) is 24.0 Å². The highest BCUT2D eigenvalue weighted by molar-refractivity contribution is 6.21. The number of ketones is 2. The predicted octanol–water partition coefficient (Wildman–Crippen LogP) is 3.43. The molecule has 1 aromatic carbocycles. The van der Waals surface area contributed by atoms with Crippen LogP contribution in [0.1, 0.15) is 61.6 Å². The maximum atomic E-state index is 13.4. The van der Waals surface area contributed by atoms with Crippen molar-refractivity contribution in [1.29, 1.82) is 0 Å². The number of hydrogen-bond donors (Lipinski definition) is 4. The van der Waals surface area contributed by atoms with Crippen molar-refractivity contribution in [2.75, 3.05) is 0 Å². The van der Waals surface area contributed by atoms with Crippen LogP contribution in [0.15, 0.2) is 29.0 Å². The number of amides is 1. The van der Waals surface area contributed by atoms with E-state index in [1.165, 1.54) is 25.7 Å². The van der Waals surface area contributed by atoms with Crippen LogP contribution >= 0.6 is 0 Å². The summed E-state index contributed by atoms with van der Waals surface area (Å²) in [4.78, 5) is 37.5. The third-order valence-corrected chi connectivity index (χ3v) is 8.17. The van der Waals surface area contributed by atoms with Crippen LogP contribution in [0.5, 0.6) is 5.75 Å². The number of Topliss-reactive ketones (excluding diaryl/α,β-unsaturated/α-hetero) is 2. The van der Waals surface area contributed by atoms with Gasteiger partial charge in [-0.1, -0.05) is 31.7 Å². The quantitative estimate of drug-likeness (QED) is 0.518. The Bertz CT molecular complexity index is 1120. The first-order valence-corrected chi connectivity index (χ1v) is 11.9. The smallest absolute Gasteiger partial charge is 0.255 e. The molecule has 0 aromatic heterocycles. The van der Waals surface area contributed by atoms with Crippen LogP contribution in [0.2, 0.25) is 0 Å². The highest BCUT2D eigenvalue weighted by atomic mass is 16.3. The molecule has 1 aromatic rings. The summed E-state index contributed by atoms with van der Waals surface area (Å²) in [7, 11) is 0.